The van der Waals surface area contributed by atoms with E-state index in [9.17, 15) is 33.9 Å². The van der Waals surface area contributed by atoms with Crippen molar-refractivity contribution >= 4 is 51.4 Å². The monoisotopic (exact) mass is 905 g/mol. The van der Waals surface area contributed by atoms with Crippen LogP contribution in [0.1, 0.15) is 109 Å². The molecule has 0 saturated carbocycles. The summed E-state index contributed by atoms with van der Waals surface area (Å²) in [5.74, 6) is -1.77. The number of rotatable bonds is 41. The summed E-state index contributed by atoms with van der Waals surface area (Å²) in [6.45, 7) is 2.11. The second-order valence-electron chi connectivity index (χ2n) is 13.8. The molecule has 0 aliphatic rings. The first-order valence-electron chi connectivity index (χ1n) is 20.9. The molecular formula is C38H68BrN9O11. The topological polar surface area (TPSA) is 274 Å². The Labute approximate surface area is 356 Å². The molecule has 20 nitrogen and oxygen atoms in total. The van der Waals surface area contributed by atoms with Crippen molar-refractivity contribution in [2.75, 3.05) is 84.4 Å². The Morgan fingerprint density at radius 2 is 1.03 bits per heavy atom. The first-order chi connectivity index (χ1) is 28.7. The molecule has 7 N–H and O–H groups in total. The van der Waals surface area contributed by atoms with E-state index in [2.05, 4.69) is 63.1 Å². The van der Waals surface area contributed by atoms with E-state index in [1.54, 1.807) is 0 Å². The van der Waals surface area contributed by atoms with Gasteiger partial charge in [0.2, 0.25) is 29.5 Å². The molecule has 0 aliphatic carbocycles. The van der Waals surface area contributed by atoms with Crippen molar-refractivity contribution in [3.05, 3.63) is 5.82 Å². The molecule has 0 radical (unpaired) electrons. The third-order valence-electron chi connectivity index (χ3n) is 8.74. The number of aromatic nitrogens is 4. The van der Waals surface area contributed by atoms with Crippen molar-refractivity contribution in [3.8, 4) is 0 Å². The Balaban J connectivity index is 1.89. The number of halogens is 1. The van der Waals surface area contributed by atoms with Crippen molar-refractivity contribution < 1.29 is 52.8 Å². The molecule has 0 aromatic carbocycles. The van der Waals surface area contributed by atoms with Gasteiger partial charge < -0.3 is 50.6 Å². The number of carbonyl (C=O) groups is 6. The van der Waals surface area contributed by atoms with Crippen molar-refractivity contribution in [3.63, 3.8) is 0 Å². The molecule has 1 aromatic rings. The van der Waals surface area contributed by atoms with Crippen LogP contribution in [0.25, 0.3) is 0 Å². The van der Waals surface area contributed by atoms with Gasteiger partial charge in [0.15, 0.2) is 0 Å². The zero-order valence-electron chi connectivity index (χ0n) is 34.5. The van der Waals surface area contributed by atoms with Gasteiger partial charge in [-0.05, 0) is 29.7 Å². The van der Waals surface area contributed by atoms with Crippen LogP contribution in [0.3, 0.4) is 0 Å². The predicted molar refractivity (Wildman–Crippen MR) is 220 cm³/mol. The van der Waals surface area contributed by atoms with Crippen LogP contribution in [-0.4, -0.2) is 152 Å². The zero-order chi connectivity index (χ0) is 43.0. The van der Waals surface area contributed by atoms with Gasteiger partial charge in [0.1, 0.15) is 25.1 Å². The minimum atomic E-state index is -1.18. The minimum absolute atomic E-state index is 0.0190. The van der Waals surface area contributed by atoms with E-state index < -0.39 is 12.0 Å². The number of unbranched alkanes of at least 4 members (excludes halogenated alkanes) is 12. The molecule has 21 heteroatoms. The number of nitrogens with one attached hydrogen (secondary N) is 6. The average Bonchev–Trinajstić information content (AvgIpc) is 3.75. The highest BCUT2D eigenvalue weighted by Gasteiger charge is 2.20. The summed E-state index contributed by atoms with van der Waals surface area (Å²) < 4.78 is 21.2. The van der Waals surface area contributed by atoms with Gasteiger partial charge in [-0.3, -0.25) is 24.0 Å². The van der Waals surface area contributed by atoms with Gasteiger partial charge in [0, 0.05) is 45.4 Å². The van der Waals surface area contributed by atoms with Crippen LogP contribution in [0.15, 0.2) is 0 Å². The van der Waals surface area contributed by atoms with Crippen LogP contribution in [0.5, 0.6) is 0 Å². The number of aromatic amines is 1. The van der Waals surface area contributed by atoms with E-state index in [1.807, 2.05) is 0 Å². The standard InChI is InChI=1S/C38H68BrN9O11/c39-28-35(51)40-18-19-41-36(52)29-58-26-25-57-23-21-43-37(53)30-59-27-24-56-22-20-42-33(49)17-16-31(38(54)55)44-34(50)15-13-11-9-7-5-3-1-2-4-6-8-10-12-14-32-45-47-48-46-32/h31H,1-30H2,(H,40,51)(H,41,52)(H,42,49)(H,43,53)(H,44,50)(H,54,55)(H,45,46,47,48)/t31-/m0/s1. The molecule has 1 heterocycles. The first-order valence-corrected chi connectivity index (χ1v) is 22.0. The van der Waals surface area contributed by atoms with E-state index >= 15 is 0 Å². The molecule has 1 rings (SSSR count). The average molecular weight is 907 g/mol. The lowest BCUT2D eigenvalue weighted by Crippen LogP contribution is -2.41. The number of aliphatic carboxylic acids is 1. The summed E-state index contributed by atoms with van der Waals surface area (Å²) in [5.41, 5.74) is 0. The van der Waals surface area contributed by atoms with Gasteiger partial charge in [0.25, 0.3) is 0 Å². The Morgan fingerprint density at radius 3 is 1.54 bits per heavy atom. The van der Waals surface area contributed by atoms with Crippen LogP contribution in [0, 0.1) is 0 Å². The number of nitrogens with zero attached hydrogens (tertiary/aromatic N) is 3. The maximum absolute atomic E-state index is 12.3. The molecule has 0 aliphatic heterocycles. The SMILES string of the molecule is O=C(CBr)NCCNC(=O)COCCOCCNC(=O)COCCOCCNC(=O)CC[C@H](NC(=O)CCCCCCCCCCCCCCCc1nnn[nH]1)C(=O)O. The second-order valence-corrected chi connectivity index (χ2v) is 14.4. The molecular weight excluding hydrogens is 838 g/mol. The number of amides is 5. The number of hydrogen-bond donors (Lipinski definition) is 7. The largest absolute Gasteiger partial charge is 0.480 e. The lowest BCUT2D eigenvalue weighted by Gasteiger charge is -2.14. The molecule has 0 saturated heterocycles. The third-order valence-corrected chi connectivity index (χ3v) is 9.25. The van der Waals surface area contributed by atoms with Gasteiger partial charge in [-0.25, -0.2) is 9.89 Å². The van der Waals surface area contributed by atoms with Crippen LogP contribution < -0.4 is 26.6 Å². The number of ether oxygens (including phenoxy) is 4. The van der Waals surface area contributed by atoms with Crippen molar-refractivity contribution in [2.24, 2.45) is 0 Å². The second kappa shape index (κ2) is 38.4. The van der Waals surface area contributed by atoms with Gasteiger partial charge in [0.05, 0.1) is 45.0 Å². The molecule has 0 spiro atoms. The predicted octanol–water partition coefficient (Wildman–Crippen LogP) is 1.48. The normalized spacial score (nSPS) is 11.5. The Bertz CT molecular complexity index is 1270. The van der Waals surface area contributed by atoms with Gasteiger partial charge in [-0.2, -0.15) is 0 Å². The molecule has 1 aromatic heterocycles. The fourth-order valence-corrected chi connectivity index (χ4v) is 5.74. The number of H-pyrrole nitrogens is 1. The number of alkyl halides is 1. The molecule has 0 bridgehead atoms. The summed E-state index contributed by atoms with van der Waals surface area (Å²) in [6, 6.07) is -1.13. The Morgan fingerprint density at radius 1 is 0.559 bits per heavy atom. The fraction of sp³-hybridized carbons (Fsp3) is 0.816. The number of aryl methyl sites for hydroxylation is 1. The number of carboxylic acids is 1. The molecule has 5 amide bonds. The van der Waals surface area contributed by atoms with E-state index in [-0.39, 0.29) is 120 Å². The maximum atomic E-state index is 12.3. The lowest BCUT2D eigenvalue weighted by molar-refractivity contribution is -0.142. The molecule has 0 fully saturated rings. The third kappa shape index (κ3) is 34.8. The molecule has 1 atom stereocenters. The number of carbonyl (C=O) groups excluding carboxylic acids is 5. The molecule has 59 heavy (non-hydrogen) atoms. The molecule has 0 unspecified atom stereocenters. The quantitative estimate of drug-likeness (QED) is 0.0363. The summed E-state index contributed by atoms with van der Waals surface area (Å²) >= 11 is 3.03. The summed E-state index contributed by atoms with van der Waals surface area (Å²) in [6.07, 6.45) is 15.9. The van der Waals surface area contributed by atoms with Crippen molar-refractivity contribution in [2.45, 2.75) is 115 Å². The highest BCUT2D eigenvalue weighted by Crippen LogP contribution is 2.13. The summed E-state index contributed by atoms with van der Waals surface area (Å²) in [7, 11) is 0. The number of hydrogen-bond acceptors (Lipinski definition) is 13. The first kappa shape index (κ1) is 53.2. The highest BCUT2D eigenvalue weighted by molar-refractivity contribution is 9.09. The Hall–Kier alpha value is -3.79. The van der Waals surface area contributed by atoms with Crippen LogP contribution >= 0.6 is 15.9 Å². The summed E-state index contributed by atoms with van der Waals surface area (Å²) in [4.78, 5) is 70.7. The maximum Gasteiger partial charge on any atom is 0.326 e. The highest BCUT2D eigenvalue weighted by atomic mass is 79.9. The molecule has 338 valence electrons. The lowest BCUT2D eigenvalue weighted by atomic mass is 10.0. The Kier molecular flexibility index (Phi) is 34.7. The van der Waals surface area contributed by atoms with Crippen LogP contribution in [0.4, 0.5) is 0 Å². The van der Waals surface area contributed by atoms with Gasteiger partial charge in [-0.15, -0.1) is 5.10 Å². The van der Waals surface area contributed by atoms with Crippen LogP contribution in [-0.2, 0) is 54.1 Å². The number of carboxylic acid groups (broad SMARTS) is 1. The van der Waals surface area contributed by atoms with E-state index in [4.69, 9.17) is 18.9 Å². The smallest absolute Gasteiger partial charge is 0.326 e. The van der Waals surface area contributed by atoms with E-state index in [1.165, 1.54) is 51.4 Å². The minimum Gasteiger partial charge on any atom is -0.480 e. The van der Waals surface area contributed by atoms with E-state index in [0.29, 0.717) is 19.5 Å². The van der Waals surface area contributed by atoms with Crippen molar-refractivity contribution in [1.82, 2.24) is 47.2 Å². The van der Waals surface area contributed by atoms with Gasteiger partial charge in [-0.1, -0.05) is 86.6 Å². The van der Waals surface area contributed by atoms with Gasteiger partial charge >= 0.3 is 5.97 Å². The zero-order valence-corrected chi connectivity index (χ0v) is 36.1. The van der Waals surface area contributed by atoms with E-state index in [0.717, 1.165) is 37.9 Å². The van der Waals surface area contributed by atoms with Crippen molar-refractivity contribution in [1.29, 1.82) is 0 Å². The fourth-order valence-electron chi connectivity index (χ4n) is 5.54. The van der Waals surface area contributed by atoms with Crippen LogP contribution in [0.2, 0.25) is 0 Å². The number of tetrazole rings is 1. The summed E-state index contributed by atoms with van der Waals surface area (Å²) in [5, 5.41) is 36.6.